The van der Waals surface area contributed by atoms with Crippen molar-refractivity contribution in [3.05, 3.63) is 29.3 Å². The molecule has 0 heterocycles. The molecule has 0 radical (unpaired) electrons. The predicted octanol–water partition coefficient (Wildman–Crippen LogP) is 1.01. The van der Waals surface area contributed by atoms with E-state index in [0.29, 0.717) is 0 Å². The second-order valence-corrected chi connectivity index (χ2v) is 6.43. The second kappa shape index (κ2) is 5.54. The number of sulfone groups is 1. The van der Waals surface area contributed by atoms with Gasteiger partial charge in [0, 0.05) is 0 Å². The van der Waals surface area contributed by atoms with Crippen LogP contribution < -0.4 is 0 Å². The van der Waals surface area contributed by atoms with E-state index in [1.807, 2.05) is 0 Å². The molecule has 0 bridgehead atoms. The molecule has 0 aliphatic carbocycles. The van der Waals surface area contributed by atoms with Crippen molar-refractivity contribution in [2.75, 3.05) is 0 Å². The SMILES string of the molecule is CC(=O)C(C(C)=O)S(=O)(=O)c1cc(C(=O)O)ccc1C. The number of carbonyl (C=O) groups is 3. The summed E-state index contributed by atoms with van der Waals surface area (Å²) in [5.41, 5.74) is 0.0579. The Morgan fingerprint density at radius 1 is 1.10 bits per heavy atom. The molecule has 0 fully saturated rings. The van der Waals surface area contributed by atoms with Crippen molar-refractivity contribution in [2.24, 2.45) is 0 Å². The Morgan fingerprint density at radius 2 is 1.60 bits per heavy atom. The van der Waals surface area contributed by atoms with E-state index in [0.717, 1.165) is 19.9 Å². The summed E-state index contributed by atoms with van der Waals surface area (Å²) in [5, 5.41) is 7.09. The first-order chi connectivity index (χ1) is 9.09. The highest BCUT2D eigenvalue weighted by atomic mass is 32.2. The lowest BCUT2D eigenvalue weighted by molar-refractivity contribution is -0.124. The van der Waals surface area contributed by atoms with Gasteiger partial charge in [-0.2, -0.15) is 0 Å². The molecule has 0 spiro atoms. The summed E-state index contributed by atoms with van der Waals surface area (Å²) in [6, 6.07) is 3.55. The normalized spacial score (nSPS) is 11.4. The maximum atomic E-state index is 12.4. The van der Waals surface area contributed by atoms with Crippen molar-refractivity contribution in [3.8, 4) is 0 Å². The van der Waals surface area contributed by atoms with Crippen molar-refractivity contribution in [3.63, 3.8) is 0 Å². The topological polar surface area (TPSA) is 106 Å². The second-order valence-electron chi connectivity index (χ2n) is 4.43. The number of ketones is 2. The molecule has 0 aliphatic heterocycles. The Bertz CT molecular complexity index is 673. The van der Waals surface area contributed by atoms with Crippen molar-refractivity contribution in [1.29, 1.82) is 0 Å². The van der Waals surface area contributed by atoms with Crippen molar-refractivity contribution >= 4 is 27.4 Å². The number of benzene rings is 1. The van der Waals surface area contributed by atoms with Crippen LogP contribution in [0.15, 0.2) is 23.1 Å². The Hall–Kier alpha value is -2.02. The van der Waals surface area contributed by atoms with E-state index in [1.54, 1.807) is 0 Å². The molecule has 1 N–H and O–H groups in total. The molecule has 0 aromatic heterocycles. The van der Waals surface area contributed by atoms with E-state index in [1.165, 1.54) is 19.1 Å². The van der Waals surface area contributed by atoms with Crippen LogP contribution in [-0.2, 0) is 19.4 Å². The number of carbonyl (C=O) groups excluding carboxylic acids is 2. The number of rotatable bonds is 5. The van der Waals surface area contributed by atoms with Crippen LogP contribution in [0.5, 0.6) is 0 Å². The molecule has 7 heteroatoms. The molecular formula is C13H14O6S. The molecule has 108 valence electrons. The number of hydrogen-bond acceptors (Lipinski definition) is 5. The van der Waals surface area contributed by atoms with Crippen LogP contribution in [0.4, 0.5) is 0 Å². The van der Waals surface area contributed by atoms with Gasteiger partial charge in [-0.1, -0.05) is 6.07 Å². The maximum absolute atomic E-state index is 12.4. The van der Waals surface area contributed by atoms with E-state index in [2.05, 4.69) is 0 Å². The zero-order valence-corrected chi connectivity index (χ0v) is 12.0. The summed E-state index contributed by atoms with van der Waals surface area (Å²) >= 11 is 0. The number of carboxylic acids is 1. The zero-order chi connectivity index (χ0) is 15.7. The summed E-state index contributed by atoms with van der Waals surface area (Å²) in [6.07, 6.45) is 0. The summed E-state index contributed by atoms with van der Waals surface area (Å²) in [4.78, 5) is 33.4. The summed E-state index contributed by atoms with van der Waals surface area (Å²) < 4.78 is 24.8. The van der Waals surface area contributed by atoms with Gasteiger partial charge in [0.1, 0.15) is 0 Å². The lowest BCUT2D eigenvalue weighted by Crippen LogP contribution is -2.35. The average molecular weight is 298 g/mol. The molecule has 0 unspecified atom stereocenters. The first kappa shape index (κ1) is 16.0. The fourth-order valence-corrected chi connectivity index (χ4v) is 3.83. The molecule has 1 aromatic carbocycles. The van der Waals surface area contributed by atoms with Gasteiger partial charge in [-0.15, -0.1) is 0 Å². The molecule has 0 aliphatic rings. The molecule has 20 heavy (non-hydrogen) atoms. The third kappa shape index (κ3) is 2.93. The molecule has 0 saturated heterocycles. The van der Waals surface area contributed by atoms with Gasteiger partial charge >= 0.3 is 5.97 Å². The van der Waals surface area contributed by atoms with Gasteiger partial charge < -0.3 is 5.11 Å². The van der Waals surface area contributed by atoms with Crippen LogP contribution in [0.1, 0.15) is 29.8 Å². The van der Waals surface area contributed by atoms with E-state index in [9.17, 15) is 22.8 Å². The molecule has 0 atom stereocenters. The third-order valence-electron chi connectivity index (χ3n) is 2.79. The highest BCUT2D eigenvalue weighted by Gasteiger charge is 2.36. The van der Waals surface area contributed by atoms with Crippen molar-refractivity contribution in [1.82, 2.24) is 0 Å². The first-order valence-corrected chi connectivity index (χ1v) is 7.22. The zero-order valence-electron chi connectivity index (χ0n) is 11.2. The molecule has 0 saturated carbocycles. The summed E-state index contributed by atoms with van der Waals surface area (Å²) in [7, 11) is -4.25. The average Bonchev–Trinajstić information content (AvgIpc) is 2.26. The number of aryl methyl sites for hydroxylation is 1. The minimum absolute atomic E-state index is 0.222. The quantitative estimate of drug-likeness (QED) is 0.813. The fraction of sp³-hybridized carbons (Fsp3) is 0.308. The van der Waals surface area contributed by atoms with Gasteiger partial charge in [0.25, 0.3) is 0 Å². The fourth-order valence-electron chi connectivity index (χ4n) is 1.89. The van der Waals surface area contributed by atoms with Crippen LogP contribution in [0.25, 0.3) is 0 Å². The lowest BCUT2D eigenvalue weighted by atomic mass is 10.1. The van der Waals surface area contributed by atoms with Crippen LogP contribution in [-0.4, -0.2) is 36.3 Å². The smallest absolute Gasteiger partial charge is 0.335 e. The first-order valence-electron chi connectivity index (χ1n) is 5.67. The van der Waals surface area contributed by atoms with Crippen LogP contribution in [0.2, 0.25) is 0 Å². The predicted molar refractivity (Wildman–Crippen MR) is 70.5 cm³/mol. The van der Waals surface area contributed by atoms with Gasteiger partial charge in [-0.3, -0.25) is 9.59 Å². The monoisotopic (exact) mass is 298 g/mol. The minimum atomic E-state index is -4.25. The molecule has 1 aromatic rings. The molecule has 1 rings (SSSR count). The standard InChI is InChI=1S/C13H14O6S/c1-7-4-5-10(13(16)17)6-11(7)20(18,19)12(8(2)14)9(3)15/h4-6,12H,1-3H3,(H,16,17). The van der Waals surface area contributed by atoms with Crippen LogP contribution in [0.3, 0.4) is 0 Å². The van der Waals surface area contributed by atoms with Crippen LogP contribution in [0, 0.1) is 6.92 Å². The molecular weight excluding hydrogens is 284 g/mol. The highest BCUT2D eigenvalue weighted by molar-refractivity contribution is 7.93. The van der Waals surface area contributed by atoms with E-state index in [4.69, 9.17) is 5.11 Å². The highest BCUT2D eigenvalue weighted by Crippen LogP contribution is 2.23. The summed E-state index contributed by atoms with van der Waals surface area (Å²) in [6.45, 7) is 3.50. The lowest BCUT2D eigenvalue weighted by Gasteiger charge is -2.14. The van der Waals surface area contributed by atoms with Gasteiger partial charge in [-0.25, -0.2) is 13.2 Å². The Balaban J connectivity index is 3.56. The largest absolute Gasteiger partial charge is 0.478 e. The summed E-state index contributed by atoms with van der Waals surface area (Å²) in [5.74, 6) is -2.88. The van der Waals surface area contributed by atoms with Crippen molar-refractivity contribution < 1.29 is 27.9 Å². The van der Waals surface area contributed by atoms with Gasteiger partial charge in [0.15, 0.2) is 26.7 Å². The maximum Gasteiger partial charge on any atom is 0.335 e. The Morgan fingerprint density at radius 3 is 2.00 bits per heavy atom. The number of Topliss-reactive ketones (excluding diaryl/α,β-unsaturated/α-hetero) is 2. The van der Waals surface area contributed by atoms with Gasteiger partial charge in [-0.05, 0) is 38.5 Å². The van der Waals surface area contributed by atoms with Crippen molar-refractivity contribution in [2.45, 2.75) is 30.9 Å². The number of hydrogen-bond donors (Lipinski definition) is 1. The third-order valence-corrected chi connectivity index (χ3v) is 5.13. The Labute approximate surface area is 116 Å². The number of aromatic carboxylic acids is 1. The van der Waals surface area contributed by atoms with Gasteiger partial charge in [0.2, 0.25) is 0 Å². The number of carboxylic acid groups (broad SMARTS) is 1. The van der Waals surface area contributed by atoms with E-state index >= 15 is 0 Å². The van der Waals surface area contributed by atoms with Crippen LogP contribution >= 0.6 is 0 Å². The minimum Gasteiger partial charge on any atom is -0.478 e. The molecule has 6 nitrogen and oxygen atoms in total. The van der Waals surface area contributed by atoms with Gasteiger partial charge in [0.05, 0.1) is 10.5 Å². The van der Waals surface area contributed by atoms with E-state index < -0.39 is 32.6 Å². The Kier molecular flexibility index (Phi) is 4.44. The molecule has 0 amide bonds. The van der Waals surface area contributed by atoms with E-state index in [-0.39, 0.29) is 16.0 Å².